The molecule has 0 bridgehead atoms. The van der Waals surface area contributed by atoms with Crippen molar-refractivity contribution in [3.63, 3.8) is 0 Å². The quantitative estimate of drug-likeness (QED) is 0.458. The number of aromatic nitrogens is 3. The summed E-state index contributed by atoms with van der Waals surface area (Å²) in [5.41, 5.74) is 4.64. The highest BCUT2D eigenvalue weighted by atomic mass is 32.1. The van der Waals surface area contributed by atoms with Crippen LogP contribution in [-0.2, 0) is 6.42 Å². The summed E-state index contributed by atoms with van der Waals surface area (Å²) in [5, 5.41) is 3.55. The van der Waals surface area contributed by atoms with Crippen molar-refractivity contribution in [2.24, 2.45) is 0 Å². The van der Waals surface area contributed by atoms with Gasteiger partial charge in [0, 0.05) is 29.4 Å². The van der Waals surface area contributed by atoms with Gasteiger partial charge < -0.3 is 5.32 Å². The van der Waals surface area contributed by atoms with Gasteiger partial charge in [-0.1, -0.05) is 30.3 Å². The van der Waals surface area contributed by atoms with Crippen molar-refractivity contribution in [1.82, 2.24) is 15.0 Å². The van der Waals surface area contributed by atoms with Crippen LogP contribution in [0.2, 0.25) is 0 Å². The summed E-state index contributed by atoms with van der Waals surface area (Å²) in [6.45, 7) is 5.16. The molecule has 1 aromatic carbocycles. The molecule has 0 saturated heterocycles. The average molecular weight is 375 g/mol. The molecule has 0 radical (unpaired) electrons. The minimum atomic E-state index is 0.747. The van der Waals surface area contributed by atoms with Gasteiger partial charge in [0.25, 0.3) is 0 Å². The van der Waals surface area contributed by atoms with E-state index < -0.39 is 0 Å². The Morgan fingerprint density at radius 1 is 0.963 bits per heavy atom. The van der Waals surface area contributed by atoms with Gasteiger partial charge in [0.15, 0.2) is 5.82 Å². The lowest BCUT2D eigenvalue weighted by atomic mass is 10.1. The molecule has 4 aromatic rings. The van der Waals surface area contributed by atoms with Gasteiger partial charge in [0.1, 0.15) is 5.82 Å². The Bertz CT molecular complexity index is 1040. The number of hydrogen-bond donors (Lipinski definition) is 1. The summed E-state index contributed by atoms with van der Waals surface area (Å²) >= 11 is 1.76. The number of benzene rings is 1. The molecule has 0 saturated carbocycles. The van der Waals surface area contributed by atoms with Crippen LogP contribution in [0.1, 0.15) is 22.4 Å². The second-order valence-corrected chi connectivity index (χ2v) is 7.83. The van der Waals surface area contributed by atoms with E-state index in [1.807, 2.05) is 12.1 Å². The van der Waals surface area contributed by atoms with Crippen molar-refractivity contribution in [2.45, 2.75) is 26.7 Å². The van der Waals surface area contributed by atoms with Gasteiger partial charge >= 0.3 is 0 Å². The number of aryl methyl sites for hydroxylation is 3. The third-order valence-electron chi connectivity index (χ3n) is 4.72. The molecule has 0 aliphatic rings. The second kappa shape index (κ2) is 7.84. The molecule has 3 aromatic heterocycles. The molecule has 0 aliphatic heterocycles. The maximum atomic E-state index is 4.83. The highest BCUT2D eigenvalue weighted by molar-refractivity contribution is 7.19. The molecular weight excluding hydrogens is 352 g/mol. The van der Waals surface area contributed by atoms with Gasteiger partial charge in [-0.2, -0.15) is 0 Å². The first-order chi connectivity index (χ1) is 13.2. The number of hydrogen-bond acceptors (Lipinski definition) is 5. The van der Waals surface area contributed by atoms with E-state index in [9.17, 15) is 0 Å². The third kappa shape index (κ3) is 3.83. The van der Waals surface area contributed by atoms with E-state index in [2.05, 4.69) is 54.5 Å². The minimum absolute atomic E-state index is 0.747. The average Bonchev–Trinajstić information content (AvgIpc) is 3.01. The molecule has 1 N–H and O–H groups in total. The summed E-state index contributed by atoms with van der Waals surface area (Å²) in [6.07, 6.45) is 5.67. The maximum Gasteiger partial charge on any atom is 0.162 e. The monoisotopic (exact) mass is 374 g/mol. The molecular formula is C22H22N4S. The second-order valence-electron chi connectivity index (χ2n) is 6.61. The lowest BCUT2D eigenvalue weighted by Gasteiger charge is -2.09. The van der Waals surface area contributed by atoms with Crippen LogP contribution in [0.25, 0.3) is 21.6 Å². The normalized spacial score (nSPS) is 11.0. The number of fused-ring (bicyclic) bond motifs is 1. The molecule has 3 heterocycles. The van der Waals surface area contributed by atoms with E-state index >= 15 is 0 Å². The molecule has 27 heavy (non-hydrogen) atoms. The Labute approximate surface area is 163 Å². The number of thiophene rings is 1. The fraction of sp³-hybridized carbons (Fsp3) is 0.227. The van der Waals surface area contributed by atoms with Crippen molar-refractivity contribution in [3.8, 4) is 11.4 Å². The highest BCUT2D eigenvalue weighted by Gasteiger charge is 2.15. The lowest BCUT2D eigenvalue weighted by Crippen LogP contribution is -2.06. The van der Waals surface area contributed by atoms with Crippen molar-refractivity contribution < 1.29 is 0 Å². The predicted molar refractivity (Wildman–Crippen MR) is 113 cm³/mol. The molecule has 0 amide bonds. The first-order valence-corrected chi connectivity index (χ1v) is 10.00. The van der Waals surface area contributed by atoms with E-state index in [1.165, 1.54) is 16.0 Å². The van der Waals surface area contributed by atoms with Crippen molar-refractivity contribution in [1.29, 1.82) is 0 Å². The summed E-state index contributed by atoms with van der Waals surface area (Å²) in [4.78, 5) is 15.1. The molecule has 5 heteroatoms. The molecule has 0 atom stereocenters. The zero-order chi connectivity index (χ0) is 18.6. The first kappa shape index (κ1) is 17.6. The fourth-order valence-electron chi connectivity index (χ4n) is 3.09. The Balaban J connectivity index is 1.59. The Morgan fingerprint density at radius 2 is 1.74 bits per heavy atom. The number of rotatable bonds is 6. The Hall–Kier alpha value is -2.79. The van der Waals surface area contributed by atoms with Crippen LogP contribution in [0.5, 0.6) is 0 Å². The molecule has 136 valence electrons. The molecule has 4 nitrogen and oxygen atoms in total. The SMILES string of the molecule is Cc1sc2c(NCCCc3ccccc3)nc(-c3ccncc3)nc2c1C. The molecule has 0 fully saturated rings. The predicted octanol–water partition coefficient (Wildman–Crippen LogP) is 5.41. The van der Waals surface area contributed by atoms with Gasteiger partial charge in [0.05, 0.1) is 10.2 Å². The van der Waals surface area contributed by atoms with Gasteiger partial charge in [-0.3, -0.25) is 4.98 Å². The van der Waals surface area contributed by atoms with Gasteiger partial charge in [-0.25, -0.2) is 9.97 Å². The van der Waals surface area contributed by atoms with E-state index in [0.29, 0.717) is 0 Å². The molecule has 0 aliphatic carbocycles. The van der Waals surface area contributed by atoms with E-state index in [0.717, 1.165) is 46.8 Å². The van der Waals surface area contributed by atoms with E-state index in [4.69, 9.17) is 9.97 Å². The molecule has 0 unspecified atom stereocenters. The third-order valence-corrected chi connectivity index (χ3v) is 5.92. The first-order valence-electron chi connectivity index (χ1n) is 9.18. The zero-order valence-corrected chi connectivity index (χ0v) is 16.4. The van der Waals surface area contributed by atoms with Crippen LogP contribution in [0.3, 0.4) is 0 Å². The van der Waals surface area contributed by atoms with Crippen LogP contribution < -0.4 is 5.32 Å². The maximum absolute atomic E-state index is 4.83. The minimum Gasteiger partial charge on any atom is -0.369 e. The largest absolute Gasteiger partial charge is 0.369 e. The number of nitrogens with one attached hydrogen (secondary N) is 1. The number of nitrogens with zero attached hydrogens (tertiary/aromatic N) is 3. The summed E-state index contributed by atoms with van der Waals surface area (Å²) < 4.78 is 1.14. The smallest absolute Gasteiger partial charge is 0.162 e. The van der Waals surface area contributed by atoms with Crippen LogP contribution >= 0.6 is 11.3 Å². The number of pyridine rings is 1. The topological polar surface area (TPSA) is 50.7 Å². The van der Waals surface area contributed by atoms with Crippen molar-refractivity contribution >= 4 is 27.4 Å². The molecule has 0 spiro atoms. The van der Waals surface area contributed by atoms with Crippen LogP contribution in [0.4, 0.5) is 5.82 Å². The summed E-state index contributed by atoms with van der Waals surface area (Å²) in [7, 11) is 0. The summed E-state index contributed by atoms with van der Waals surface area (Å²) in [5.74, 6) is 1.68. The van der Waals surface area contributed by atoms with E-state index in [-0.39, 0.29) is 0 Å². The van der Waals surface area contributed by atoms with Crippen LogP contribution in [0, 0.1) is 13.8 Å². The van der Waals surface area contributed by atoms with Gasteiger partial charge in [-0.15, -0.1) is 11.3 Å². The summed E-state index contributed by atoms with van der Waals surface area (Å²) in [6, 6.07) is 14.5. The fourth-order valence-corrected chi connectivity index (χ4v) is 4.16. The van der Waals surface area contributed by atoms with Gasteiger partial charge in [0.2, 0.25) is 0 Å². The van der Waals surface area contributed by atoms with Crippen LogP contribution in [0.15, 0.2) is 54.9 Å². The Kier molecular flexibility index (Phi) is 5.12. The van der Waals surface area contributed by atoms with Crippen molar-refractivity contribution in [3.05, 3.63) is 70.9 Å². The van der Waals surface area contributed by atoms with E-state index in [1.54, 1.807) is 23.7 Å². The zero-order valence-electron chi connectivity index (χ0n) is 15.6. The van der Waals surface area contributed by atoms with Crippen molar-refractivity contribution in [2.75, 3.05) is 11.9 Å². The Morgan fingerprint density at radius 3 is 2.52 bits per heavy atom. The van der Waals surface area contributed by atoms with Gasteiger partial charge in [-0.05, 0) is 49.9 Å². The highest BCUT2D eigenvalue weighted by Crippen LogP contribution is 2.34. The molecule has 4 rings (SSSR count). The standard InChI is InChI=1S/C22H22N4S/c1-15-16(2)27-20-19(15)25-21(18-10-13-23-14-11-18)26-22(20)24-12-6-9-17-7-4-3-5-8-17/h3-5,7-8,10-11,13-14H,6,9,12H2,1-2H3,(H,24,25,26). The lowest BCUT2D eigenvalue weighted by molar-refractivity contribution is 0.860. The number of anilines is 1. The van der Waals surface area contributed by atoms with Crippen LogP contribution in [-0.4, -0.2) is 21.5 Å².